The summed E-state index contributed by atoms with van der Waals surface area (Å²) in [6, 6.07) is 0. The Bertz CT molecular complexity index is 432. The zero-order valence-electron chi connectivity index (χ0n) is 9.81. The third-order valence-electron chi connectivity index (χ3n) is 2.25. The zero-order chi connectivity index (χ0) is 13.1. The average molecular weight is 258 g/mol. The number of aliphatic carboxylic acids is 1. The number of methoxy groups -OCH3 is 1. The first-order chi connectivity index (χ1) is 7.90. The molecule has 0 spiro atoms. The zero-order valence-corrected chi connectivity index (χ0v) is 10.6. The van der Waals surface area contributed by atoms with Gasteiger partial charge in [-0.2, -0.15) is 0 Å². The number of carbonyl (C=O) groups excluding carboxylic acids is 1. The van der Waals surface area contributed by atoms with Crippen molar-refractivity contribution in [2.75, 3.05) is 13.7 Å². The second-order valence-electron chi connectivity index (χ2n) is 3.79. The van der Waals surface area contributed by atoms with E-state index in [1.807, 2.05) is 0 Å². The molecule has 2 N–H and O–H groups in total. The Labute approximate surface area is 103 Å². The van der Waals surface area contributed by atoms with Crippen LogP contribution in [0.1, 0.15) is 22.3 Å². The summed E-state index contributed by atoms with van der Waals surface area (Å²) in [7, 11) is 1.38. The molecule has 0 aliphatic heterocycles. The fraction of sp³-hybridized carbons (Fsp3) is 0.500. The second kappa shape index (κ2) is 5.24. The van der Waals surface area contributed by atoms with Crippen molar-refractivity contribution < 1.29 is 19.4 Å². The van der Waals surface area contributed by atoms with E-state index in [2.05, 4.69) is 10.3 Å². The summed E-state index contributed by atoms with van der Waals surface area (Å²) in [5.74, 6) is -1.60. The van der Waals surface area contributed by atoms with Crippen LogP contribution in [-0.4, -0.2) is 41.2 Å². The highest BCUT2D eigenvalue weighted by atomic mass is 32.1. The summed E-state index contributed by atoms with van der Waals surface area (Å²) in [5, 5.41) is 11.5. The number of ether oxygens (including phenoxy) is 1. The molecule has 0 aliphatic rings. The third-order valence-corrected chi connectivity index (χ3v) is 3.17. The van der Waals surface area contributed by atoms with Gasteiger partial charge in [0.25, 0.3) is 5.91 Å². The van der Waals surface area contributed by atoms with Gasteiger partial charge in [-0.25, -0.2) is 9.78 Å². The van der Waals surface area contributed by atoms with Crippen molar-refractivity contribution in [1.29, 1.82) is 0 Å². The molecule has 1 unspecified atom stereocenters. The molecule has 1 atom stereocenters. The minimum atomic E-state index is -1.44. The number of hydrogen-bond acceptors (Lipinski definition) is 5. The third kappa shape index (κ3) is 3.01. The number of carbonyl (C=O) groups is 2. The Morgan fingerprint density at radius 1 is 1.65 bits per heavy atom. The van der Waals surface area contributed by atoms with Crippen molar-refractivity contribution >= 4 is 23.2 Å². The number of carboxylic acids is 1. The molecule has 6 nitrogen and oxygen atoms in total. The molecule has 1 heterocycles. The fourth-order valence-corrected chi connectivity index (χ4v) is 1.96. The van der Waals surface area contributed by atoms with Crippen LogP contribution < -0.4 is 5.32 Å². The molecular weight excluding hydrogens is 244 g/mol. The normalized spacial score (nSPS) is 14.1. The minimum Gasteiger partial charge on any atom is -0.479 e. The van der Waals surface area contributed by atoms with Crippen LogP contribution in [0.2, 0.25) is 0 Å². The lowest BCUT2D eigenvalue weighted by atomic mass is 10.0. The number of aryl methyl sites for hydroxylation is 1. The number of hydrogen-bond donors (Lipinski definition) is 2. The molecule has 1 amide bonds. The van der Waals surface area contributed by atoms with Crippen molar-refractivity contribution in [3.05, 3.63) is 16.1 Å². The van der Waals surface area contributed by atoms with Crippen molar-refractivity contribution in [3.63, 3.8) is 0 Å². The van der Waals surface area contributed by atoms with Crippen LogP contribution in [0.5, 0.6) is 0 Å². The highest BCUT2D eigenvalue weighted by molar-refractivity contribution is 7.11. The molecule has 17 heavy (non-hydrogen) atoms. The molecule has 1 aromatic heterocycles. The largest absolute Gasteiger partial charge is 0.479 e. The first kappa shape index (κ1) is 13.6. The SMILES string of the molecule is COCC(C)(NC(=O)c1scnc1C)C(=O)O. The van der Waals surface area contributed by atoms with Crippen LogP contribution in [0, 0.1) is 6.92 Å². The van der Waals surface area contributed by atoms with Gasteiger partial charge in [-0.15, -0.1) is 11.3 Å². The van der Waals surface area contributed by atoms with E-state index in [4.69, 9.17) is 9.84 Å². The first-order valence-corrected chi connectivity index (χ1v) is 5.73. The number of carboxylic acid groups (broad SMARTS) is 1. The summed E-state index contributed by atoms with van der Waals surface area (Å²) in [5.41, 5.74) is 0.679. The van der Waals surface area contributed by atoms with Gasteiger partial charge in [-0.1, -0.05) is 0 Å². The molecule has 0 aromatic carbocycles. The van der Waals surface area contributed by atoms with Crippen molar-refractivity contribution in [2.24, 2.45) is 0 Å². The molecule has 0 bridgehead atoms. The standard InChI is InChI=1S/C10H14N2O4S/c1-6-7(17-5-11-6)8(13)12-10(2,4-16-3)9(14)15/h5H,4H2,1-3H3,(H,12,13)(H,14,15). The Morgan fingerprint density at radius 3 is 2.71 bits per heavy atom. The van der Waals surface area contributed by atoms with Gasteiger partial charge in [-0.3, -0.25) is 4.79 Å². The van der Waals surface area contributed by atoms with E-state index < -0.39 is 17.4 Å². The molecule has 1 aromatic rings. The summed E-state index contributed by atoms with van der Waals surface area (Å²) in [6.07, 6.45) is 0. The van der Waals surface area contributed by atoms with Crippen molar-refractivity contribution in [3.8, 4) is 0 Å². The molecule has 94 valence electrons. The highest BCUT2D eigenvalue weighted by Gasteiger charge is 2.35. The molecule has 0 aliphatic carbocycles. The predicted molar refractivity (Wildman–Crippen MR) is 62.2 cm³/mol. The number of aromatic nitrogens is 1. The van der Waals surface area contributed by atoms with Gasteiger partial charge in [0.2, 0.25) is 0 Å². The lowest BCUT2D eigenvalue weighted by molar-refractivity contribution is -0.145. The lowest BCUT2D eigenvalue weighted by Crippen LogP contribution is -2.55. The van der Waals surface area contributed by atoms with Gasteiger partial charge < -0.3 is 15.2 Å². The van der Waals surface area contributed by atoms with E-state index in [1.165, 1.54) is 25.4 Å². The Balaban J connectivity index is 2.85. The minimum absolute atomic E-state index is 0.105. The maximum atomic E-state index is 11.9. The second-order valence-corrected chi connectivity index (χ2v) is 4.65. The van der Waals surface area contributed by atoms with Crippen LogP contribution in [0.25, 0.3) is 0 Å². The lowest BCUT2D eigenvalue weighted by Gasteiger charge is -2.24. The molecular formula is C10H14N2O4S. The molecule has 1 rings (SSSR count). The summed E-state index contributed by atoms with van der Waals surface area (Å²) in [6.45, 7) is 2.98. The van der Waals surface area contributed by atoms with Gasteiger partial charge in [0.05, 0.1) is 17.8 Å². The molecule has 0 saturated carbocycles. The van der Waals surface area contributed by atoms with Crippen LogP contribution >= 0.6 is 11.3 Å². The van der Waals surface area contributed by atoms with Gasteiger partial charge in [0.1, 0.15) is 4.88 Å². The quantitative estimate of drug-likeness (QED) is 0.810. The summed E-state index contributed by atoms with van der Waals surface area (Å²) in [4.78, 5) is 27.3. The average Bonchev–Trinajstić information content (AvgIpc) is 2.64. The van der Waals surface area contributed by atoms with Crippen molar-refractivity contribution in [2.45, 2.75) is 19.4 Å². The molecule has 0 fully saturated rings. The van der Waals surface area contributed by atoms with Crippen molar-refractivity contribution in [1.82, 2.24) is 10.3 Å². The van der Waals surface area contributed by atoms with E-state index in [-0.39, 0.29) is 6.61 Å². The predicted octanol–water partition coefficient (Wildman–Crippen LogP) is 0.671. The summed E-state index contributed by atoms with van der Waals surface area (Å²) < 4.78 is 4.81. The maximum Gasteiger partial charge on any atom is 0.331 e. The van der Waals surface area contributed by atoms with Crippen LogP contribution in [0.4, 0.5) is 0 Å². The maximum absolute atomic E-state index is 11.9. The Kier molecular flexibility index (Phi) is 4.19. The summed E-state index contributed by atoms with van der Waals surface area (Å²) >= 11 is 1.17. The van der Waals surface area contributed by atoms with E-state index in [0.29, 0.717) is 10.6 Å². The van der Waals surface area contributed by atoms with E-state index in [0.717, 1.165) is 0 Å². The molecule has 0 saturated heterocycles. The van der Waals surface area contributed by atoms with Gasteiger partial charge in [-0.05, 0) is 13.8 Å². The van der Waals surface area contributed by atoms with E-state index in [1.54, 1.807) is 12.4 Å². The van der Waals surface area contributed by atoms with E-state index in [9.17, 15) is 9.59 Å². The number of rotatable bonds is 5. The van der Waals surface area contributed by atoms with Gasteiger partial charge in [0.15, 0.2) is 5.54 Å². The number of nitrogens with zero attached hydrogens (tertiary/aromatic N) is 1. The van der Waals surface area contributed by atoms with Crippen LogP contribution in [0.3, 0.4) is 0 Å². The Hall–Kier alpha value is -1.47. The van der Waals surface area contributed by atoms with Crippen LogP contribution in [-0.2, 0) is 9.53 Å². The number of amides is 1. The van der Waals surface area contributed by atoms with Gasteiger partial charge >= 0.3 is 5.97 Å². The number of thiazole rings is 1. The van der Waals surface area contributed by atoms with E-state index >= 15 is 0 Å². The first-order valence-electron chi connectivity index (χ1n) is 4.85. The highest BCUT2D eigenvalue weighted by Crippen LogP contribution is 2.14. The topological polar surface area (TPSA) is 88.5 Å². The molecule has 0 radical (unpaired) electrons. The Morgan fingerprint density at radius 2 is 2.29 bits per heavy atom. The van der Waals surface area contributed by atoms with Crippen LogP contribution in [0.15, 0.2) is 5.51 Å². The monoisotopic (exact) mass is 258 g/mol. The van der Waals surface area contributed by atoms with Gasteiger partial charge in [0, 0.05) is 7.11 Å². The number of nitrogens with one attached hydrogen (secondary N) is 1. The molecule has 7 heteroatoms. The smallest absolute Gasteiger partial charge is 0.331 e. The fourth-order valence-electron chi connectivity index (χ4n) is 1.27.